The molecule has 0 bridgehead atoms. The van der Waals surface area contributed by atoms with Gasteiger partial charge >= 0.3 is 0 Å². The van der Waals surface area contributed by atoms with Crippen LogP contribution in [0.4, 0.5) is 0 Å². The first-order valence-electron chi connectivity index (χ1n) is 20.7. The number of rotatable bonds is 17. The molecule has 2 heterocycles. The van der Waals surface area contributed by atoms with E-state index in [-0.39, 0.29) is 0 Å². The Morgan fingerprint density at radius 3 is 1.17 bits per heavy atom. The summed E-state index contributed by atoms with van der Waals surface area (Å²) < 4.78 is 4.43. The average Bonchev–Trinajstić information content (AvgIpc) is 4.01. The first kappa shape index (κ1) is 41.0. The van der Waals surface area contributed by atoms with Crippen molar-refractivity contribution in [3.8, 4) is 0 Å². The third kappa shape index (κ3) is 8.93. The molecular formula is C54H50N4O2. The van der Waals surface area contributed by atoms with Crippen LogP contribution in [0.1, 0.15) is 76.9 Å². The monoisotopic (exact) mass is 786 g/mol. The number of unbranched alkanes of at least 4 members (excludes halogenated alkanes) is 3. The molecule has 0 spiro atoms. The lowest BCUT2D eigenvalue weighted by molar-refractivity contribution is -0.108. The molecule has 0 amide bonds. The molecule has 6 nitrogen and oxygen atoms in total. The predicted octanol–water partition coefficient (Wildman–Crippen LogP) is 11.4. The maximum absolute atomic E-state index is 10.6. The van der Waals surface area contributed by atoms with Crippen LogP contribution < -0.4 is 0 Å². The standard InChI is InChI=1S/C27H26N2O.C27H24N2O/c2*30-20-12-4-11-19-26-21-29(22-28-26)27(23-13-5-1-6-14-23,24-15-7-2-8-16-24)25-17-9-3-10-18-25/h1-3,5-10,13-18,20-22H,4,11-12,19H2;1-3,5-11,13-22H,4,12H2/b;19-11-. The van der Waals surface area contributed by atoms with Crippen molar-refractivity contribution in [2.45, 2.75) is 49.6 Å². The van der Waals surface area contributed by atoms with Crippen LogP contribution in [0.3, 0.4) is 0 Å². The molecule has 2 aromatic heterocycles. The van der Waals surface area contributed by atoms with Crippen molar-refractivity contribution < 1.29 is 9.59 Å². The van der Waals surface area contributed by atoms with E-state index in [4.69, 9.17) is 4.98 Å². The zero-order valence-corrected chi connectivity index (χ0v) is 33.8. The molecule has 0 atom stereocenters. The fourth-order valence-electron chi connectivity index (χ4n) is 8.16. The highest BCUT2D eigenvalue weighted by Crippen LogP contribution is 2.42. The molecule has 0 saturated heterocycles. The van der Waals surface area contributed by atoms with Crippen LogP contribution in [0.2, 0.25) is 0 Å². The quantitative estimate of drug-likeness (QED) is 0.0524. The van der Waals surface area contributed by atoms with E-state index in [9.17, 15) is 9.59 Å². The van der Waals surface area contributed by atoms with E-state index in [1.165, 1.54) is 16.7 Å². The molecule has 0 aliphatic rings. The third-order valence-corrected chi connectivity index (χ3v) is 10.9. The second-order valence-electron chi connectivity index (χ2n) is 14.7. The predicted molar refractivity (Wildman–Crippen MR) is 242 cm³/mol. The first-order valence-corrected chi connectivity index (χ1v) is 20.7. The van der Waals surface area contributed by atoms with Gasteiger partial charge in [0.15, 0.2) is 0 Å². The second kappa shape index (κ2) is 20.5. The number of carbonyl (C=O) groups excluding carboxylic acids is 2. The summed E-state index contributed by atoms with van der Waals surface area (Å²) in [5, 5.41) is 0. The van der Waals surface area contributed by atoms with Gasteiger partial charge in [-0.15, -0.1) is 0 Å². The summed E-state index contributed by atoms with van der Waals surface area (Å²) in [7, 11) is 0. The van der Waals surface area contributed by atoms with Crippen molar-refractivity contribution in [3.05, 3.63) is 258 Å². The minimum Gasteiger partial charge on any atom is -0.319 e. The maximum Gasteiger partial charge on any atom is 0.121 e. The Bertz CT molecular complexity index is 2320. The van der Waals surface area contributed by atoms with Gasteiger partial charge in [0.05, 0.1) is 24.0 Å². The SMILES string of the molecule is O=CCC/C=C\c1cn(C(c2ccccc2)(c2ccccc2)c2ccccc2)cn1.O=CCCCCc1cn(C(c2ccccc2)(c2ccccc2)c2ccccc2)cn1. The van der Waals surface area contributed by atoms with Gasteiger partial charge in [0.2, 0.25) is 0 Å². The van der Waals surface area contributed by atoms with Crippen molar-refractivity contribution in [1.82, 2.24) is 19.1 Å². The number of benzene rings is 6. The van der Waals surface area contributed by atoms with Crippen LogP contribution in [0.25, 0.3) is 6.08 Å². The molecule has 6 aromatic carbocycles. The van der Waals surface area contributed by atoms with Crippen molar-refractivity contribution >= 4 is 18.6 Å². The Labute approximate surface area is 353 Å². The number of hydrogen-bond donors (Lipinski definition) is 0. The van der Waals surface area contributed by atoms with Gasteiger partial charge in [0, 0.05) is 25.2 Å². The highest BCUT2D eigenvalue weighted by molar-refractivity contribution is 5.54. The number of aromatic nitrogens is 4. The summed E-state index contributed by atoms with van der Waals surface area (Å²) in [6.07, 6.45) is 18.6. The van der Waals surface area contributed by atoms with Crippen molar-refractivity contribution in [2.24, 2.45) is 0 Å². The van der Waals surface area contributed by atoms with Gasteiger partial charge in [-0.25, -0.2) is 9.97 Å². The Morgan fingerprint density at radius 2 is 0.783 bits per heavy atom. The molecule has 0 unspecified atom stereocenters. The number of allylic oxidation sites excluding steroid dienone is 1. The van der Waals surface area contributed by atoms with Crippen LogP contribution in [-0.2, 0) is 27.1 Å². The van der Waals surface area contributed by atoms with Gasteiger partial charge in [0.1, 0.15) is 23.7 Å². The zero-order valence-electron chi connectivity index (χ0n) is 33.8. The van der Waals surface area contributed by atoms with Crippen LogP contribution in [0.5, 0.6) is 0 Å². The van der Waals surface area contributed by atoms with Gasteiger partial charge in [-0.3, -0.25) is 0 Å². The lowest BCUT2D eigenvalue weighted by atomic mass is 9.77. The fraction of sp³-hybridized carbons (Fsp3) is 0.148. The third-order valence-electron chi connectivity index (χ3n) is 10.9. The maximum atomic E-state index is 10.6. The molecule has 0 aliphatic carbocycles. The minimum absolute atomic E-state index is 0.516. The summed E-state index contributed by atoms with van der Waals surface area (Å²) in [5.41, 5.74) is 7.90. The molecule has 8 rings (SSSR count). The highest BCUT2D eigenvalue weighted by Gasteiger charge is 2.39. The van der Waals surface area contributed by atoms with Crippen LogP contribution in [-0.4, -0.2) is 31.7 Å². The van der Waals surface area contributed by atoms with E-state index in [2.05, 4.69) is 190 Å². The van der Waals surface area contributed by atoms with E-state index >= 15 is 0 Å². The van der Waals surface area contributed by atoms with Crippen LogP contribution in [0.15, 0.2) is 213 Å². The molecule has 0 aliphatic heterocycles. The zero-order chi connectivity index (χ0) is 41.3. The Morgan fingerprint density at radius 1 is 0.417 bits per heavy atom. The largest absolute Gasteiger partial charge is 0.319 e. The second-order valence-corrected chi connectivity index (χ2v) is 14.7. The summed E-state index contributed by atoms with van der Waals surface area (Å²) >= 11 is 0. The Balaban J connectivity index is 0.000000181. The Hall–Kier alpha value is -7.18. The molecule has 0 fully saturated rings. The summed E-state index contributed by atoms with van der Waals surface area (Å²) in [5.74, 6) is 0. The minimum atomic E-state index is -0.550. The van der Waals surface area contributed by atoms with E-state index in [1.54, 1.807) is 0 Å². The number of aryl methyl sites for hydroxylation is 1. The summed E-state index contributed by atoms with van der Waals surface area (Å²) in [6.45, 7) is 0. The van der Waals surface area contributed by atoms with Gasteiger partial charge in [-0.1, -0.05) is 188 Å². The molecule has 8 aromatic rings. The lowest BCUT2D eigenvalue weighted by Crippen LogP contribution is -2.36. The Kier molecular flexibility index (Phi) is 14.0. The van der Waals surface area contributed by atoms with Crippen LogP contribution >= 0.6 is 0 Å². The van der Waals surface area contributed by atoms with Gasteiger partial charge in [-0.05, 0) is 65.1 Å². The number of aldehydes is 2. The van der Waals surface area contributed by atoms with E-state index in [0.29, 0.717) is 12.8 Å². The van der Waals surface area contributed by atoms with Gasteiger partial charge in [-0.2, -0.15) is 0 Å². The molecule has 0 N–H and O–H groups in total. The molecule has 60 heavy (non-hydrogen) atoms. The average molecular weight is 787 g/mol. The highest BCUT2D eigenvalue weighted by atomic mass is 16.1. The van der Waals surface area contributed by atoms with Crippen molar-refractivity contribution in [1.29, 1.82) is 0 Å². The number of nitrogens with zero attached hydrogens (tertiary/aromatic N) is 4. The number of hydrogen-bond acceptors (Lipinski definition) is 4. The van der Waals surface area contributed by atoms with Crippen LogP contribution in [0, 0.1) is 0 Å². The summed E-state index contributed by atoms with van der Waals surface area (Å²) in [4.78, 5) is 30.5. The molecule has 6 heteroatoms. The van der Waals surface area contributed by atoms with E-state index < -0.39 is 11.1 Å². The molecular weight excluding hydrogens is 737 g/mol. The van der Waals surface area contributed by atoms with Crippen molar-refractivity contribution in [3.63, 3.8) is 0 Å². The van der Waals surface area contributed by atoms with Gasteiger partial charge in [0.25, 0.3) is 0 Å². The van der Waals surface area contributed by atoms with E-state index in [0.717, 1.165) is 66.3 Å². The molecule has 0 saturated carbocycles. The van der Waals surface area contributed by atoms with E-state index in [1.807, 2.05) is 43.0 Å². The fourth-order valence-corrected chi connectivity index (χ4v) is 8.16. The smallest absolute Gasteiger partial charge is 0.121 e. The molecule has 298 valence electrons. The lowest BCUT2D eigenvalue weighted by Gasteiger charge is -2.37. The number of carbonyl (C=O) groups is 2. The van der Waals surface area contributed by atoms with Gasteiger partial charge < -0.3 is 18.7 Å². The summed E-state index contributed by atoms with van der Waals surface area (Å²) in [6, 6.07) is 63.4. The number of imidazole rings is 2. The molecule has 0 radical (unpaired) electrons. The first-order chi connectivity index (χ1) is 29.7. The normalized spacial score (nSPS) is 11.5. The van der Waals surface area contributed by atoms with Crippen molar-refractivity contribution in [2.75, 3.05) is 0 Å². The topological polar surface area (TPSA) is 69.8 Å².